The van der Waals surface area contributed by atoms with Gasteiger partial charge in [0.25, 0.3) is 0 Å². The average molecular weight is 402 g/mol. The van der Waals surface area contributed by atoms with E-state index in [0.29, 0.717) is 10.8 Å². The number of halogens is 2. The maximum absolute atomic E-state index is 12.3. The molecule has 2 aromatic rings. The quantitative estimate of drug-likeness (QED) is 0.716. The van der Waals surface area contributed by atoms with Gasteiger partial charge in [0.15, 0.2) is 0 Å². The molecule has 0 fully saturated rings. The summed E-state index contributed by atoms with van der Waals surface area (Å²) in [6.07, 6.45) is 0. The van der Waals surface area contributed by atoms with Gasteiger partial charge in [0.05, 0.1) is 5.02 Å². The van der Waals surface area contributed by atoms with E-state index in [-0.39, 0.29) is 28.5 Å². The van der Waals surface area contributed by atoms with Crippen molar-refractivity contribution in [3.8, 4) is 5.75 Å². The van der Waals surface area contributed by atoms with E-state index in [4.69, 9.17) is 27.9 Å². The van der Waals surface area contributed by atoms with Crippen molar-refractivity contribution < 1.29 is 13.2 Å². The molecule has 0 aromatic heterocycles. The van der Waals surface area contributed by atoms with E-state index in [9.17, 15) is 8.42 Å². The van der Waals surface area contributed by atoms with Gasteiger partial charge in [-0.3, -0.25) is 0 Å². The highest BCUT2D eigenvalue weighted by Crippen LogP contribution is 2.25. The number of nitrogens with one attached hydrogen (secondary N) is 1. The summed E-state index contributed by atoms with van der Waals surface area (Å²) in [4.78, 5) is -0.0452. The van der Waals surface area contributed by atoms with Gasteiger partial charge in [-0.05, 0) is 41.3 Å². The maximum atomic E-state index is 12.3. The van der Waals surface area contributed by atoms with Crippen LogP contribution in [-0.2, 0) is 15.4 Å². The molecule has 0 bridgehead atoms. The van der Waals surface area contributed by atoms with E-state index in [1.54, 1.807) is 0 Å². The lowest BCUT2D eigenvalue weighted by molar-refractivity contribution is 0.322. The van der Waals surface area contributed by atoms with Gasteiger partial charge in [0.2, 0.25) is 10.0 Å². The lowest BCUT2D eigenvalue weighted by Gasteiger charge is -2.19. The highest BCUT2D eigenvalue weighted by atomic mass is 35.5. The summed E-state index contributed by atoms with van der Waals surface area (Å²) in [7, 11) is -3.74. The molecule has 0 unspecified atom stereocenters. The van der Waals surface area contributed by atoms with Crippen LogP contribution in [0.1, 0.15) is 26.3 Å². The summed E-state index contributed by atoms with van der Waals surface area (Å²) in [6, 6.07) is 12.1. The van der Waals surface area contributed by atoms with E-state index < -0.39 is 10.0 Å². The fourth-order valence-corrected chi connectivity index (χ4v) is 3.93. The zero-order chi connectivity index (χ0) is 18.7. The molecule has 0 atom stereocenters. The molecule has 0 heterocycles. The van der Waals surface area contributed by atoms with Crippen molar-refractivity contribution in [1.29, 1.82) is 0 Å². The van der Waals surface area contributed by atoms with Crippen LogP contribution in [0.2, 0.25) is 10.0 Å². The molecule has 2 aromatic carbocycles. The SMILES string of the molecule is CC(C)(C)c1ccc(OCCNS(=O)(=O)c2cc(Cl)ccc2Cl)cc1. The Labute approximate surface area is 159 Å². The van der Waals surface area contributed by atoms with Crippen molar-refractivity contribution in [1.82, 2.24) is 4.72 Å². The van der Waals surface area contributed by atoms with Crippen LogP contribution in [0.4, 0.5) is 0 Å². The molecule has 0 aliphatic carbocycles. The zero-order valence-electron chi connectivity index (χ0n) is 14.3. The van der Waals surface area contributed by atoms with E-state index in [1.165, 1.54) is 23.8 Å². The molecular formula is C18H21Cl2NO3S. The Morgan fingerprint density at radius 3 is 2.28 bits per heavy atom. The van der Waals surface area contributed by atoms with Crippen LogP contribution in [0.15, 0.2) is 47.4 Å². The van der Waals surface area contributed by atoms with Crippen molar-refractivity contribution in [3.05, 3.63) is 58.1 Å². The van der Waals surface area contributed by atoms with Gasteiger partial charge in [-0.15, -0.1) is 0 Å². The lowest BCUT2D eigenvalue weighted by Crippen LogP contribution is -2.28. The molecule has 0 aliphatic rings. The van der Waals surface area contributed by atoms with Crippen LogP contribution in [0.5, 0.6) is 5.75 Å². The minimum Gasteiger partial charge on any atom is -0.492 e. The first kappa shape index (κ1) is 20.0. The molecule has 2 rings (SSSR count). The summed E-state index contributed by atoms with van der Waals surface area (Å²) in [5.74, 6) is 0.688. The number of benzene rings is 2. The molecule has 0 saturated carbocycles. The number of hydrogen-bond donors (Lipinski definition) is 1. The Hall–Kier alpha value is -1.27. The second-order valence-corrected chi connectivity index (χ2v) is 9.17. The number of ether oxygens (including phenoxy) is 1. The Morgan fingerprint density at radius 1 is 1.04 bits per heavy atom. The Kier molecular flexibility index (Phi) is 6.38. The second-order valence-electron chi connectivity index (χ2n) is 6.60. The van der Waals surface area contributed by atoms with Gasteiger partial charge in [-0.2, -0.15) is 0 Å². The molecule has 1 N–H and O–H groups in total. The van der Waals surface area contributed by atoms with E-state index in [2.05, 4.69) is 25.5 Å². The predicted molar refractivity (Wildman–Crippen MR) is 102 cm³/mol. The Balaban J connectivity index is 1.91. The van der Waals surface area contributed by atoms with Gasteiger partial charge in [-0.1, -0.05) is 56.1 Å². The molecule has 25 heavy (non-hydrogen) atoms. The molecule has 0 saturated heterocycles. The van der Waals surface area contributed by atoms with Crippen LogP contribution in [0.3, 0.4) is 0 Å². The summed E-state index contributed by atoms with van der Waals surface area (Å²) in [5.41, 5.74) is 1.28. The first-order chi connectivity index (χ1) is 11.6. The topological polar surface area (TPSA) is 55.4 Å². The predicted octanol–water partition coefficient (Wildman–Crippen LogP) is 4.65. The van der Waals surface area contributed by atoms with Crippen molar-refractivity contribution in [3.63, 3.8) is 0 Å². The van der Waals surface area contributed by atoms with Gasteiger partial charge in [-0.25, -0.2) is 13.1 Å². The van der Waals surface area contributed by atoms with E-state index >= 15 is 0 Å². The van der Waals surface area contributed by atoms with Crippen LogP contribution < -0.4 is 9.46 Å². The maximum Gasteiger partial charge on any atom is 0.242 e. The smallest absolute Gasteiger partial charge is 0.242 e. The molecule has 0 radical (unpaired) electrons. The zero-order valence-corrected chi connectivity index (χ0v) is 16.7. The largest absolute Gasteiger partial charge is 0.492 e. The average Bonchev–Trinajstić information content (AvgIpc) is 2.53. The highest BCUT2D eigenvalue weighted by Gasteiger charge is 2.18. The highest BCUT2D eigenvalue weighted by molar-refractivity contribution is 7.89. The first-order valence-corrected chi connectivity index (χ1v) is 10.0. The number of rotatable bonds is 6. The van der Waals surface area contributed by atoms with Crippen LogP contribution in [0, 0.1) is 0 Å². The number of sulfonamides is 1. The first-order valence-electron chi connectivity index (χ1n) is 7.78. The van der Waals surface area contributed by atoms with Crippen molar-refractivity contribution in [2.45, 2.75) is 31.1 Å². The molecule has 0 amide bonds. The molecule has 7 heteroatoms. The van der Waals surface area contributed by atoms with Gasteiger partial charge in [0, 0.05) is 11.6 Å². The molecule has 0 aliphatic heterocycles. The summed E-state index contributed by atoms with van der Waals surface area (Å²) in [5, 5.41) is 0.426. The van der Waals surface area contributed by atoms with Crippen LogP contribution in [-0.4, -0.2) is 21.6 Å². The van der Waals surface area contributed by atoms with Crippen molar-refractivity contribution in [2.75, 3.05) is 13.2 Å². The normalized spacial score (nSPS) is 12.2. The van der Waals surface area contributed by atoms with Crippen LogP contribution >= 0.6 is 23.2 Å². The van der Waals surface area contributed by atoms with Gasteiger partial charge >= 0.3 is 0 Å². The second kappa shape index (κ2) is 7.96. The van der Waals surface area contributed by atoms with Crippen molar-refractivity contribution >= 4 is 33.2 Å². The fourth-order valence-electron chi connectivity index (χ4n) is 2.16. The third kappa shape index (κ3) is 5.61. The van der Waals surface area contributed by atoms with E-state index in [1.807, 2.05) is 24.3 Å². The minimum absolute atomic E-state index is 0.0452. The van der Waals surface area contributed by atoms with Crippen LogP contribution in [0.25, 0.3) is 0 Å². The summed E-state index contributed by atoms with van der Waals surface area (Å²) < 4.78 is 32.5. The summed E-state index contributed by atoms with van der Waals surface area (Å²) in [6.45, 7) is 6.73. The van der Waals surface area contributed by atoms with Gasteiger partial charge < -0.3 is 4.74 Å². The molecule has 136 valence electrons. The monoisotopic (exact) mass is 401 g/mol. The Bertz CT molecular complexity index is 828. The molecule has 4 nitrogen and oxygen atoms in total. The van der Waals surface area contributed by atoms with Crippen molar-refractivity contribution in [2.24, 2.45) is 0 Å². The van der Waals surface area contributed by atoms with E-state index in [0.717, 1.165) is 0 Å². The lowest BCUT2D eigenvalue weighted by atomic mass is 9.87. The standard InChI is InChI=1S/C18H21Cl2NO3S/c1-18(2,3)13-4-7-15(8-5-13)24-11-10-21-25(22,23)17-12-14(19)6-9-16(17)20/h4-9,12,21H,10-11H2,1-3H3. The number of hydrogen-bond acceptors (Lipinski definition) is 3. The third-order valence-corrected chi connectivity index (χ3v) is 5.74. The Morgan fingerprint density at radius 2 is 1.68 bits per heavy atom. The summed E-state index contributed by atoms with van der Waals surface area (Å²) >= 11 is 11.8. The fraction of sp³-hybridized carbons (Fsp3) is 0.333. The van der Waals surface area contributed by atoms with Gasteiger partial charge in [0.1, 0.15) is 17.3 Å². The third-order valence-electron chi connectivity index (χ3n) is 3.57. The molecule has 0 spiro atoms. The molecular weight excluding hydrogens is 381 g/mol. The minimum atomic E-state index is -3.74.